The fourth-order valence-corrected chi connectivity index (χ4v) is 12.8. The number of amides is 2. The second-order valence-corrected chi connectivity index (χ2v) is 24.2. The topological polar surface area (TPSA) is 124 Å². The number of allylic oxidation sites excluding steroid dienone is 1. The number of piperidine rings is 2. The van der Waals surface area contributed by atoms with E-state index in [2.05, 4.69) is 15.9 Å². The average molecular weight is 975 g/mol. The number of benzene rings is 2. The predicted octanol–water partition coefficient (Wildman–Crippen LogP) is 9.51. The van der Waals surface area contributed by atoms with Gasteiger partial charge in [-0.3, -0.25) is 9.80 Å². The van der Waals surface area contributed by atoms with E-state index >= 15 is 0 Å². The molecule has 2 aromatic carbocycles. The molecule has 1 unspecified atom stereocenters. The molecule has 10 rings (SSSR count). The van der Waals surface area contributed by atoms with E-state index in [9.17, 15) is 28.6 Å². The quantitative estimate of drug-likeness (QED) is 0.290. The minimum Gasteiger partial charge on any atom is -0.444 e. The first-order chi connectivity index (χ1) is 33.2. The maximum Gasteiger partial charge on any atom is 0.410 e. The highest BCUT2D eigenvalue weighted by Crippen LogP contribution is 2.44. The third kappa shape index (κ3) is 12.1. The molecule has 2 amide bonds. The summed E-state index contributed by atoms with van der Waals surface area (Å²) in [4.78, 5) is 33.2. The lowest BCUT2D eigenvalue weighted by Gasteiger charge is -2.47. The molecular weight excluding hydrogens is 895 g/mol. The molecule has 386 valence electrons. The van der Waals surface area contributed by atoms with Gasteiger partial charge in [-0.25, -0.2) is 18.4 Å². The van der Waals surface area contributed by atoms with Crippen molar-refractivity contribution >= 4 is 17.8 Å². The van der Waals surface area contributed by atoms with E-state index < -0.39 is 11.2 Å². The predicted molar refractivity (Wildman–Crippen MR) is 265 cm³/mol. The lowest BCUT2D eigenvalue weighted by Crippen LogP contribution is -2.64. The van der Waals surface area contributed by atoms with Gasteiger partial charge in [-0.15, -0.1) is 0 Å². The van der Waals surface area contributed by atoms with Crippen LogP contribution in [0.1, 0.15) is 165 Å². The van der Waals surface area contributed by atoms with Crippen molar-refractivity contribution in [1.82, 2.24) is 19.6 Å². The van der Waals surface area contributed by atoms with Gasteiger partial charge in [0.2, 0.25) is 0 Å². The second-order valence-electron chi connectivity index (χ2n) is 24.2. The molecule has 1 saturated carbocycles. The maximum atomic E-state index is 14.3. The van der Waals surface area contributed by atoms with Crippen molar-refractivity contribution in [3.05, 3.63) is 76.4 Å². The summed E-state index contributed by atoms with van der Waals surface area (Å²) in [6.07, 6.45) is 13.1. The highest BCUT2D eigenvalue weighted by Gasteiger charge is 2.55. The molecule has 0 radical (unpaired) electrons. The lowest BCUT2D eigenvalue weighted by atomic mass is 9.76. The number of halogens is 2. The number of aliphatic hydroxyl groups excluding tert-OH is 2. The molecule has 7 fully saturated rings. The van der Waals surface area contributed by atoms with Crippen molar-refractivity contribution < 1.29 is 47.5 Å². The Morgan fingerprint density at radius 1 is 0.600 bits per heavy atom. The molecule has 6 saturated heterocycles. The van der Waals surface area contributed by atoms with Crippen LogP contribution in [0.25, 0.3) is 5.57 Å². The number of nitrogens with zero attached hydrogens (tertiary/aromatic N) is 4. The number of ether oxygens (including phenoxy) is 4. The summed E-state index contributed by atoms with van der Waals surface area (Å²) in [5, 5.41) is 19.8. The van der Waals surface area contributed by atoms with E-state index in [-0.39, 0.29) is 47.2 Å². The van der Waals surface area contributed by atoms with Crippen molar-refractivity contribution in [2.24, 2.45) is 0 Å². The Hall–Kier alpha value is -3.66. The van der Waals surface area contributed by atoms with Crippen molar-refractivity contribution in [3.63, 3.8) is 0 Å². The number of carbonyl (C=O) groups is 2. The molecule has 2 N–H and O–H groups in total. The Morgan fingerprint density at radius 2 is 1.06 bits per heavy atom. The van der Waals surface area contributed by atoms with Crippen molar-refractivity contribution in [3.8, 4) is 0 Å². The van der Waals surface area contributed by atoms with E-state index in [0.717, 1.165) is 114 Å². The molecule has 6 aliphatic heterocycles. The third-order valence-electron chi connectivity index (χ3n) is 16.5. The molecular formula is C56H80F2N4O8. The van der Waals surface area contributed by atoms with Crippen LogP contribution in [-0.2, 0) is 18.9 Å². The number of likely N-dealkylation sites (tertiary alicyclic amines) is 4. The van der Waals surface area contributed by atoms with Crippen molar-refractivity contribution in [2.45, 2.75) is 189 Å². The van der Waals surface area contributed by atoms with Crippen LogP contribution in [0.5, 0.6) is 0 Å². The van der Waals surface area contributed by atoms with Crippen LogP contribution >= 0.6 is 0 Å². The summed E-state index contributed by atoms with van der Waals surface area (Å²) in [5.41, 5.74) is 4.61. The van der Waals surface area contributed by atoms with Gasteiger partial charge >= 0.3 is 12.2 Å². The SMILES string of the molecule is CC(C)(C)OC(=O)N1CC2(C[C@H](N3CCC(c4cc(F)ccc4C4=CCC(O)CC4)CC3)CO2)C1.CC(C)(C)OC(=O)N1CC2(C[C@H](N3CCC(c4cc(F)ccc4C4CCC(O)CC4)CC3)CO2)C1. The van der Waals surface area contributed by atoms with Crippen LogP contribution in [0.3, 0.4) is 0 Å². The molecule has 0 bridgehead atoms. The van der Waals surface area contributed by atoms with Gasteiger partial charge in [-0.1, -0.05) is 18.2 Å². The van der Waals surface area contributed by atoms with Gasteiger partial charge in [-0.05, 0) is 221 Å². The Morgan fingerprint density at radius 3 is 1.53 bits per heavy atom. The van der Waals surface area contributed by atoms with Gasteiger partial charge in [0, 0.05) is 12.1 Å². The number of aliphatic hydroxyl groups is 2. The van der Waals surface area contributed by atoms with E-state index in [0.29, 0.717) is 75.7 Å². The Labute approximate surface area is 415 Å². The van der Waals surface area contributed by atoms with Crippen LogP contribution in [-0.4, -0.2) is 154 Å². The summed E-state index contributed by atoms with van der Waals surface area (Å²) in [6, 6.07) is 11.4. The van der Waals surface area contributed by atoms with Crippen LogP contribution in [0, 0.1) is 11.6 Å². The largest absolute Gasteiger partial charge is 0.444 e. The first kappa shape index (κ1) is 51.2. The summed E-state index contributed by atoms with van der Waals surface area (Å²) >= 11 is 0. The second kappa shape index (κ2) is 20.7. The first-order valence-corrected chi connectivity index (χ1v) is 26.6. The smallest absolute Gasteiger partial charge is 0.410 e. The normalized spacial score (nSPS) is 28.7. The Kier molecular flexibility index (Phi) is 15.1. The molecule has 8 aliphatic rings. The van der Waals surface area contributed by atoms with Crippen LogP contribution in [0.4, 0.5) is 18.4 Å². The zero-order chi connectivity index (χ0) is 49.6. The highest BCUT2D eigenvalue weighted by molar-refractivity contribution is 5.71. The molecule has 2 spiro atoms. The Balaban J connectivity index is 0.000000174. The number of carbonyl (C=O) groups excluding carboxylic acids is 2. The summed E-state index contributed by atoms with van der Waals surface area (Å²) < 4.78 is 51.9. The van der Waals surface area contributed by atoms with Crippen LogP contribution < -0.4 is 0 Å². The summed E-state index contributed by atoms with van der Waals surface area (Å²) in [6.45, 7) is 19.1. The van der Waals surface area contributed by atoms with Gasteiger partial charge in [0.15, 0.2) is 0 Å². The molecule has 6 heterocycles. The fraction of sp³-hybridized carbons (Fsp3) is 0.714. The van der Waals surface area contributed by atoms with Crippen LogP contribution in [0.2, 0.25) is 0 Å². The standard InChI is InChI=1S/C28H41FN2O4.C28H39FN2O4/c2*1-27(2,3)35-26(33)31-17-28(18-31)15-22(16-34-28)30-12-10-20(11-13-30)25-14-21(29)6-9-24(25)19-4-7-23(32)8-5-19/h6,9,14,19-20,22-23,32H,4-5,7-8,10-13,15-18H2,1-3H3;4,6,9,14,20,22-23,32H,5,7-8,10-13,15-18H2,1-3H3/t19?,22-,23?;22-,23?/m00/s1. The molecule has 70 heavy (non-hydrogen) atoms. The number of hydrogen-bond acceptors (Lipinski definition) is 10. The molecule has 2 aromatic rings. The van der Waals surface area contributed by atoms with Gasteiger partial charge in [0.25, 0.3) is 0 Å². The highest BCUT2D eigenvalue weighted by atomic mass is 19.1. The molecule has 2 aliphatic carbocycles. The summed E-state index contributed by atoms with van der Waals surface area (Å²) in [5.74, 6) is 0.835. The lowest BCUT2D eigenvalue weighted by molar-refractivity contribution is -0.109. The van der Waals surface area contributed by atoms with Gasteiger partial charge in [-0.2, -0.15) is 0 Å². The molecule has 3 atom stereocenters. The third-order valence-corrected chi connectivity index (χ3v) is 16.5. The van der Waals surface area contributed by atoms with Gasteiger partial charge in [0.1, 0.15) is 34.0 Å². The molecule has 14 heteroatoms. The monoisotopic (exact) mass is 975 g/mol. The zero-order valence-corrected chi connectivity index (χ0v) is 42.7. The minimum atomic E-state index is -0.487. The van der Waals surface area contributed by atoms with Crippen molar-refractivity contribution in [1.29, 1.82) is 0 Å². The van der Waals surface area contributed by atoms with Gasteiger partial charge < -0.3 is 39.0 Å². The number of rotatable bonds is 6. The molecule has 0 aromatic heterocycles. The van der Waals surface area contributed by atoms with E-state index in [1.54, 1.807) is 34.1 Å². The Bertz CT molecular complexity index is 2190. The average Bonchev–Trinajstić information content (AvgIpc) is 3.95. The van der Waals surface area contributed by atoms with Crippen molar-refractivity contribution in [2.75, 3.05) is 65.6 Å². The van der Waals surface area contributed by atoms with E-state index in [1.807, 2.05) is 53.7 Å². The van der Waals surface area contributed by atoms with Gasteiger partial charge in [0.05, 0.1) is 51.6 Å². The van der Waals surface area contributed by atoms with Crippen LogP contribution in [0.15, 0.2) is 42.5 Å². The fourth-order valence-electron chi connectivity index (χ4n) is 12.8. The van der Waals surface area contributed by atoms with E-state index in [4.69, 9.17) is 18.9 Å². The van der Waals surface area contributed by atoms with E-state index in [1.165, 1.54) is 16.7 Å². The molecule has 12 nitrogen and oxygen atoms in total. The first-order valence-electron chi connectivity index (χ1n) is 26.6. The minimum absolute atomic E-state index is 0.146. The maximum absolute atomic E-state index is 14.3. The zero-order valence-electron chi connectivity index (χ0n) is 42.7. The summed E-state index contributed by atoms with van der Waals surface area (Å²) in [7, 11) is 0. The number of hydrogen-bond donors (Lipinski definition) is 2.